The number of hydrogen-bond acceptors (Lipinski definition) is 3. The first-order valence-electron chi connectivity index (χ1n) is 5.27. The van der Waals surface area contributed by atoms with Crippen molar-refractivity contribution < 1.29 is 14.7 Å². The number of carboxylic acid groups (broad SMARTS) is 1. The Morgan fingerprint density at radius 1 is 1.35 bits per heavy atom. The lowest BCUT2D eigenvalue weighted by Crippen LogP contribution is -2.25. The van der Waals surface area contributed by atoms with E-state index in [-0.39, 0.29) is 5.91 Å². The second kappa shape index (κ2) is 5.34. The van der Waals surface area contributed by atoms with E-state index < -0.39 is 12.0 Å². The number of carbonyl (C=O) groups is 2. The molecule has 0 spiro atoms. The Kier molecular flexibility index (Phi) is 4.09. The van der Waals surface area contributed by atoms with Crippen LogP contribution in [0.1, 0.15) is 19.4 Å². The second-order valence-electron chi connectivity index (χ2n) is 3.92. The Morgan fingerprint density at radius 2 is 2.00 bits per heavy atom. The van der Waals surface area contributed by atoms with Gasteiger partial charge in [-0.05, 0) is 37.6 Å². The Labute approximate surface area is 99.8 Å². The van der Waals surface area contributed by atoms with Crippen LogP contribution in [0.4, 0.5) is 11.4 Å². The van der Waals surface area contributed by atoms with Gasteiger partial charge in [-0.3, -0.25) is 9.59 Å². The van der Waals surface area contributed by atoms with Gasteiger partial charge in [0.15, 0.2) is 0 Å². The van der Waals surface area contributed by atoms with E-state index in [4.69, 9.17) is 5.11 Å². The average molecular weight is 236 g/mol. The number of anilines is 2. The molecule has 0 aliphatic rings. The molecule has 0 bridgehead atoms. The van der Waals surface area contributed by atoms with Crippen molar-refractivity contribution in [3.8, 4) is 0 Å². The molecule has 0 aliphatic carbocycles. The molecular weight excluding hydrogens is 220 g/mol. The maximum absolute atomic E-state index is 10.9. The van der Waals surface area contributed by atoms with Crippen LogP contribution in [0.3, 0.4) is 0 Å². The fourth-order valence-corrected chi connectivity index (χ4v) is 1.40. The van der Waals surface area contributed by atoms with E-state index in [9.17, 15) is 9.59 Å². The monoisotopic (exact) mass is 236 g/mol. The van der Waals surface area contributed by atoms with E-state index in [1.54, 1.807) is 25.1 Å². The lowest BCUT2D eigenvalue weighted by Gasteiger charge is -2.13. The SMILES string of the molecule is CC(=O)Nc1ccc(NC(C)C(=O)O)cc1C. The van der Waals surface area contributed by atoms with E-state index in [1.807, 2.05) is 6.92 Å². The van der Waals surface area contributed by atoms with Gasteiger partial charge < -0.3 is 15.7 Å². The highest BCUT2D eigenvalue weighted by Crippen LogP contribution is 2.20. The Balaban J connectivity index is 2.81. The summed E-state index contributed by atoms with van der Waals surface area (Å²) in [5, 5.41) is 14.3. The highest BCUT2D eigenvalue weighted by molar-refractivity contribution is 5.89. The second-order valence-corrected chi connectivity index (χ2v) is 3.92. The van der Waals surface area contributed by atoms with E-state index in [1.165, 1.54) is 6.92 Å². The van der Waals surface area contributed by atoms with Crippen LogP contribution in [0, 0.1) is 6.92 Å². The molecule has 0 fully saturated rings. The van der Waals surface area contributed by atoms with Crippen molar-refractivity contribution in [1.82, 2.24) is 0 Å². The third-order valence-corrected chi connectivity index (χ3v) is 2.29. The summed E-state index contributed by atoms with van der Waals surface area (Å²) in [7, 11) is 0. The van der Waals surface area contributed by atoms with Crippen molar-refractivity contribution >= 4 is 23.3 Å². The molecule has 1 rings (SSSR count). The van der Waals surface area contributed by atoms with Gasteiger partial charge in [0.05, 0.1) is 0 Å². The molecule has 0 saturated heterocycles. The highest BCUT2D eigenvalue weighted by atomic mass is 16.4. The third kappa shape index (κ3) is 3.79. The Morgan fingerprint density at radius 3 is 2.47 bits per heavy atom. The van der Waals surface area contributed by atoms with Crippen LogP contribution in [0.25, 0.3) is 0 Å². The molecule has 0 radical (unpaired) electrons. The molecule has 1 unspecified atom stereocenters. The summed E-state index contributed by atoms with van der Waals surface area (Å²) >= 11 is 0. The van der Waals surface area contributed by atoms with Crippen LogP contribution in [0.2, 0.25) is 0 Å². The number of carboxylic acids is 1. The van der Waals surface area contributed by atoms with Crippen LogP contribution in [-0.4, -0.2) is 23.0 Å². The summed E-state index contributed by atoms with van der Waals surface area (Å²) in [6.07, 6.45) is 0. The summed E-state index contributed by atoms with van der Waals surface area (Å²) in [6, 6.07) is 4.62. The topological polar surface area (TPSA) is 78.4 Å². The third-order valence-electron chi connectivity index (χ3n) is 2.29. The molecule has 1 amide bonds. The van der Waals surface area contributed by atoms with Crippen molar-refractivity contribution in [2.24, 2.45) is 0 Å². The van der Waals surface area contributed by atoms with Crippen LogP contribution in [-0.2, 0) is 9.59 Å². The molecule has 1 aromatic rings. The van der Waals surface area contributed by atoms with Gasteiger partial charge in [-0.25, -0.2) is 0 Å². The van der Waals surface area contributed by atoms with Gasteiger partial charge in [-0.1, -0.05) is 0 Å². The van der Waals surface area contributed by atoms with Crippen molar-refractivity contribution in [2.45, 2.75) is 26.8 Å². The molecule has 17 heavy (non-hydrogen) atoms. The molecule has 3 N–H and O–H groups in total. The molecule has 0 heterocycles. The Bertz CT molecular complexity index is 443. The van der Waals surface area contributed by atoms with E-state index in [2.05, 4.69) is 10.6 Å². The normalized spacial score (nSPS) is 11.7. The number of aliphatic carboxylic acids is 1. The standard InChI is InChI=1S/C12H16N2O3/c1-7-6-10(13-8(2)12(16)17)4-5-11(7)14-9(3)15/h4-6,8,13H,1-3H3,(H,14,15)(H,16,17). The average Bonchev–Trinajstić information content (AvgIpc) is 2.21. The maximum Gasteiger partial charge on any atom is 0.325 e. The van der Waals surface area contributed by atoms with Crippen LogP contribution >= 0.6 is 0 Å². The molecule has 92 valence electrons. The molecule has 0 saturated carbocycles. The number of aryl methyl sites for hydroxylation is 1. The minimum absolute atomic E-state index is 0.132. The molecule has 1 atom stereocenters. The molecule has 0 aliphatic heterocycles. The zero-order valence-corrected chi connectivity index (χ0v) is 10.1. The summed E-state index contributed by atoms with van der Waals surface area (Å²) in [4.78, 5) is 21.6. The lowest BCUT2D eigenvalue weighted by atomic mass is 10.1. The zero-order valence-electron chi connectivity index (χ0n) is 10.1. The minimum atomic E-state index is -0.909. The van der Waals surface area contributed by atoms with Gasteiger partial charge in [0.2, 0.25) is 5.91 Å². The molecule has 1 aromatic carbocycles. The fourth-order valence-electron chi connectivity index (χ4n) is 1.40. The summed E-state index contributed by atoms with van der Waals surface area (Å²) in [5.41, 5.74) is 2.32. The largest absolute Gasteiger partial charge is 0.480 e. The predicted octanol–water partition coefficient (Wildman–Crippen LogP) is 1.84. The lowest BCUT2D eigenvalue weighted by molar-refractivity contribution is -0.137. The Hall–Kier alpha value is -2.04. The highest BCUT2D eigenvalue weighted by Gasteiger charge is 2.10. The van der Waals surface area contributed by atoms with Crippen LogP contribution < -0.4 is 10.6 Å². The van der Waals surface area contributed by atoms with Gasteiger partial charge >= 0.3 is 5.97 Å². The van der Waals surface area contributed by atoms with Gasteiger partial charge in [0, 0.05) is 18.3 Å². The van der Waals surface area contributed by atoms with Crippen LogP contribution in [0.5, 0.6) is 0 Å². The summed E-state index contributed by atoms with van der Waals surface area (Å²) in [6.45, 7) is 4.86. The summed E-state index contributed by atoms with van der Waals surface area (Å²) in [5.74, 6) is -1.04. The number of nitrogens with one attached hydrogen (secondary N) is 2. The number of amides is 1. The predicted molar refractivity (Wildman–Crippen MR) is 66.2 cm³/mol. The summed E-state index contributed by atoms with van der Waals surface area (Å²) < 4.78 is 0. The van der Waals surface area contributed by atoms with E-state index >= 15 is 0 Å². The molecule has 5 nitrogen and oxygen atoms in total. The van der Waals surface area contributed by atoms with Gasteiger partial charge in [-0.15, -0.1) is 0 Å². The smallest absolute Gasteiger partial charge is 0.325 e. The molecule has 0 aromatic heterocycles. The first kappa shape index (κ1) is 13.0. The van der Waals surface area contributed by atoms with Gasteiger partial charge in [-0.2, -0.15) is 0 Å². The quantitative estimate of drug-likeness (QED) is 0.745. The van der Waals surface area contributed by atoms with E-state index in [0.717, 1.165) is 11.3 Å². The van der Waals surface area contributed by atoms with Gasteiger partial charge in [0.1, 0.15) is 6.04 Å². The molecular formula is C12H16N2O3. The number of hydrogen-bond donors (Lipinski definition) is 3. The number of benzene rings is 1. The van der Waals surface area contributed by atoms with Crippen molar-refractivity contribution in [1.29, 1.82) is 0 Å². The zero-order chi connectivity index (χ0) is 13.0. The van der Waals surface area contributed by atoms with Crippen molar-refractivity contribution in [3.05, 3.63) is 23.8 Å². The minimum Gasteiger partial charge on any atom is -0.480 e. The van der Waals surface area contributed by atoms with E-state index in [0.29, 0.717) is 5.69 Å². The number of carbonyl (C=O) groups excluding carboxylic acids is 1. The first-order chi connectivity index (χ1) is 7.90. The maximum atomic E-state index is 10.9. The van der Waals surface area contributed by atoms with Crippen molar-refractivity contribution in [3.63, 3.8) is 0 Å². The van der Waals surface area contributed by atoms with Crippen molar-refractivity contribution in [2.75, 3.05) is 10.6 Å². The number of rotatable bonds is 4. The van der Waals surface area contributed by atoms with Crippen LogP contribution in [0.15, 0.2) is 18.2 Å². The fraction of sp³-hybridized carbons (Fsp3) is 0.333. The first-order valence-corrected chi connectivity index (χ1v) is 5.27. The van der Waals surface area contributed by atoms with Gasteiger partial charge in [0.25, 0.3) is 0 Å². The molecule has 5 heteroatoms.